The molecular formula is C14H21OP. The first kappa shape index (κ1) is 13.4. The van der Waals surface area contributed by atoms with E-state index in [9.17, 15) is 4.57 Å². The Morgan fingerprint density at radius 2 is 1.94 bits per heavy atom. The van der Waals surface area contributed by atoms with Crippen molar-refractivity contribution in [2.45, 2.75) is 46.0 Å². The molecule has 0 aliphatic heterocycles. The summed E-state index contributed by atoms with van der Waals surface area (Å²) in [6, 6.07) is 8.03. The monoisotopic (exact) mass is 236 g/mol. The molecule has 1 unspecified atom stereocenters. The summed E-state index contributed by atoms with van der Waals surface area (Å²) in [7, 11) is 0.127. The Hall–Kier alpha value is -0.680. The highest BCUT2D eigenvalue weighted by Crippen LogP contribution is 2.34. The Morgan fingerprint density at radius 3 is 2.50 bits per heavy atom. The van der Waals surface area contributed by atoms with E-state index < -0.39 is 0 Å². The Balaban J connectivity index is 3.10. The lowest BCUT2D eigenvalue weighted by molar-refractivity contribution is 0.323. The Kier molecular flexibility index (Phi) is 4.68. The van der Waals surface area contributed by atoms with Crippen molar-refractivity contribution in [3.8, 4) is 0 Å². The lowest BCUT2D eigenvalue weighted by Gasteiger charge is -2.33. The van der Waals surface area contributed by atoms with Gasteiger partial charge in [-0.2, -0.15) is 0 Å². The van der Waals surface area contributed by atoms with Crippen LogP contribution in [0.25, 0.3) is 0 Å². The second-order valence-electron chi connectivity index (χ2n) is 5.02. The second-order valence-corrected chi connectivity index (χ2v) is 5.68. The highest BCUT2D eigenvalue weighted by atomic mass is 31.1. The van der Waals surface area contributed by atoms with Gasteiger partial charge in [0.05, 0.1) is 0 Å². The summed E-state index contributed by atoms with van der Waals surface area (Å²) in [5.74, 6) is 0.598. The molecule has 88 valence electrons. The van der Waals surface area contributed by atoms with E-state index >= 15 is 0 Å². The third kappa shape index (κ3) is 2.71. The quantitative estimate of drug-likeness (QED) is 0.696. The van der Waals surface area contributed by atoms with Crippen LogP contribution in [0.3, 0.4) is 0 Å². The molecule has 2 heteroatoms. The standard InChI is InChI=1S/C14H21OP/c1-5-8-11(2)14(3,4)12-9-6-7-10-13(12)16-15/h6-7,9-11H,5,8H2,1-4H3. The predicted octanol–water partition coefficient (Wildman–Crippen LogP) is 4.32. The van der Waals surface area contributed by atoms with E-state index in [1.807, 2.05) is 18.2 Å². The van der Waals surface area contributed by atoms with Crippen molar-refractivity contribution >= 4 is 13.8 Å². The summed E-state index contributed by atoms with van der Waals surface area (Å²) in [4.78, 5) is 0. The van der Waals surface area contributed by atoms with Crippen molar-refractivity contribution < 1.29 is 4.57 Å². The minimum atomic E-state index is 0.0873. The summed E-state index contributed by atoms with van der Waals surface area (Å²) in [6.45, 7) is 8.99. The Bertz CT molecular complexity index is 358. The number of hydrogen-bond donors (Lipinski definition) is 0. The minimum absolute atomic E-state index is 0.0873. The van der Waals surface area contributed by atoms with Crippen molar-refractivity contribution in [1.29, 1.82) is 0 Å². The van der Waals surface area contributed by atoms with E-state index in [-0.39, 0.29) is 13.9 Å². The van der Waals surface area contributed by atoms with Gasteiger partial charge in [-0.3, -0.25) is 4.57 Å². The van der Waals surface area contributed by atoms with E-state index in [0.29, 0.717) is 5.92 Å². The van der Waals surface area contributed by atoms with E-state index in [4.69, 9.17) is 0 Å². The van der Waals surface area contributed by atoms with Crippen LogP contribution in [-0.4, -0.2) is 0 Å². The Labute approximate surface area is 100 Å². The second kappa shape index (κ2) is 5.59. The lowest BCUT2D eigenvalue weighted by atomic mass is 9.72. The van der Waals surface area contributed by atoms with Crippen molar-refractivity contribution in [2.24, 2.45) is 5.92 Å². The predicted molar refractivity (Wildman–Crippen MR) is 70.8 cm³/mol. The summed E-state index contributed by atoms with van der Waals surface area (Å²) in [5, 5.41) is 0.926. The van der Waals surface area contributed by atoms with Crippen molar-refractivity contribution in [3.05, 3.63) is 29.8 Å². The fourth-order valence-corrected chi connectivity index (χ4v) is 2.77. The van der Waals surface area contributed by atoms with Crippen LogP contribution in [0.15, 0.2) is 24.3 Å². The fourth-order valence-electron chi connectivity index (χ4n) is 2.16. The van der Waals surface area contributed by atoms with E-state index in [1.54, 1.807) is 0 Å². The van der Waals surface area contributed by atoms with Crippen LogP contribution < -0.4 is 5.30 Å². The zero-order valence-electron chi connectivity index (χ0n) is 10.7. The molecule has 0 radical (unpaired) electrons. The van der Waals surface area contributed by atoms with Crippen LogP contribution in [0, 0.1) is 5.92 Å². The molecule has 1 nitrogen and oxygen atoms in total. The molecule has 0 N–H and O–H groups in total. The molecule has 0 saturated carbocycles. The maximum atomic E-state index is 11.2. The molecule has 1 rings (SSSR count). The van der Waals surface area contributed by atoms with Gasteiger partial charge in [0, 0.05) is 5.30 Å². The van der Waals surface area contributed by atoms with Gasteiger partial charge in [-0.1, -0.05) is 58.7 Å². The van der Waals surface area contributed by atoms with Gasteiger partial charge in [-0.25, -0.2) is 0 Å². The first-order chi connectivity index (χ1) is 7.54. The van der Waals surface area contributed by atoms with Crippen molar-refractivity contribution in [3.63, 3.8) is 0 Å². The van der Waals surface area contributed by atoms with Crippen LogP contribution in [0.5, 0.6) is 0 Å². The van der Waals surface area contributed by atoms with Crippen molar-refractivity contribution in [2.75, 3.05) is 0 Å². The van der Waals surface area contributed by atoms with Crippen LogP contribution >= 0.6 is 8.46 Å². The zero-order valence-corrected chi connectivity index (χ0v) is 11.6. The fraction of sp³-hybridized carbons (Fsp3) is 0.571. The molecule has 16 heavy (non-hydrogen) atoms. The first-order valence-corrected chi connectivity index (χ1v) is 6.78. The van der Waals surface area contributed by atoms with Crippen LogP contribution in [0.2, 0.25) is 0 Å². The van der Waals surface area contributed by atoms with Gasteiger partial charge in [0.25, 0.3) is 0 Å². The van der Waals surface area contributed by atoms with Gasteiger partial charge < -0.3 is 0 Å². The van der Waals surface area contributed by atoms with Crippen LogP contribution in [0.1, 0.15) is 46.1 Å². The maximum Gasteiger partial charge on any atom is 0.192 e. The van der Waals surface area contributed by atoms with Gasteiger partial charge in [0.2, 0.25) is 0 Å². The average molecular weight is 236 g/mol. The molecule has 0 bridgehead atoms. The molecule has 1 atom stereocenters. The van der Waals surface area contributed by atoms with E-state index in [1.165, 1.54) is 18.4 Å². The van der Waals surface area contributed by atoms with Gasteiger partial charge in [-0.05, 0) is 23.0 Å². The van der Waals surface area contributed by atoms with Gasteiger partial charge in [0.1, 0.15) is 0 Å². The van der Waals surface area contributed by atoms with E-state index in [2.05, 4.69) is 33.8 Å². The zero-order chi connectivity index (χ0) is 12.2. The smallest absolute Gasteiger partial charge is 0.192 e. The number of benzene rings is 1. The molecule has 0 aliphatic carbocycles. The summed E-state index contributed by atoms with van der Waals surface area (Å²) >= 11 is 0. The summed E-state index contributed by atoms with van der Waals surface area (Å²) in [5.41, 5.74) is 1.30. The molecule has 0 spiro atoms. The van der Waals surface area contributed by atoms with Gasteiger partial charge in [-0.15, -0.1) is 0 Å². The molecule has 0 saturated heterocycles. The molecule has 0 amide bonds. The molecular weight excluding hydrogens is 215 g/mol. The number of hydrogen-bond acceptors (Lipinski definition) is 1. The highest BCUT2D eigenvalue weighted by Gasteiger charge is 2.29. The lowest BCUT2D eigenvalue weighted by Crippen LogP contribution is -2.30. The highest BCUT2D eigenvalue weighted by molar-refractivity contribution is 7.34. The van der Waals surface area contributed by atoms with Crippen LogP contribution in [-0.2, 0) is 9.98 Å². The van der Waals surface area contributed by atoms with Gasteiger partial charge >= 0.3 is 0 Å². The molecule has 1 aromatic rings. The summed E-state index contributed by atoms with van der Waals surface area (Å²) < 4.78 is 11.2. The molecule has 0 heterocycles. The summed E-state index contributed by atoms with van der Waals surface area (Å²) in [6.07, 6.45) is 2.40. The van der Waals surface area contributed by atoms with Crippen molar-refractivity contribution in [1.82, 2.24) is 0 Å². The van der Waals surface area contributed by atoms with E-state index in [0.717, 1.165) is 5.30 Å². The number of rotatable bonds is 5. The minimum Gasteiger partial charge on any atom is -0.269 e. The SMILES string of the molecule is CCCC(C)C(C)(C)c1ccccc1P=O. The Morgan fingerprint density at radius 1 is 1.31 bits per heavy atom. The largest absolute Gasteiger partial charge is 0.269 e. The average Bonchev–Trinajstić information content (AvgIpc) is 2.29. The first-order valence-electron chi connectivity index (χ1n) is 5.96. The molecule has 1 aromatic carbocycles. The topological polar surface area (TPSA) is 17.1 Å². The normalized spacial score (nSPS) is 14.0. The van der Waals surface area contributed by atoms with Gasteiger partial charge in [0.15, 0.2) is 8.46 Å². The maximum absolute atomic E-state index is 11.2. The molecule has 0 fully saturated rings. The van der Waals surface area contributed by atoms with Crippen LogP contribution in [0.4, 0.5) is 0 Å². The third-order valence-corrected chi connectivity index (χ3v) is 4.24. The molecule has 0 aliphatic rings. The molecule has 0 aromatic heterocycles. The third-order valence-electron chi connectivity index (χ3n) is 3.65.